The first-order chi connectivity index (χ1) is 13.0. The number of aromatic amines is 1. The van der Waals surface area contributed by atoms with Gasteiger partial charge in [0.15, 0.2) is 12.4 Å². The van der Waals surface area contributed by atoms with Gasteiger partial charge in [-0.3, -0.25) is 14.4 Å². The fourth-order valence-corrected chi connectivity index (χ4v) is 2.70. The lowest BCUT2D eigenvalue weighted by atomic mass is 10.1. The number of fused-ring (bicyclic) bond motifs is 1. The Labute approximate surface area is 155 Å². The molecule has 1 aromatic carbocycles. The van der Waals surface area contributed by atoms with Crippen LogP contribution < -0.4 is 5.32 Å². The van der Waals surface area contributed by atoms with Crippen molar-refractivity contribution in [3.05, 3.63) is 59.7 Å². The van der Waals surface area contributed by atoms with Crippen LogP contribution in [-0.4, -0.2) is 29.3 Å². The number of ketones is 1. The van der Waals surface area contributed by atoms with Crippen LogP contribution in [0.1, 0.15) is 35.2 Å². The normalized spacial score (nSPS) is 10.7. The zero-order valence-corrected chi connectivity index (χ0v) is 14.9. The zero-order valence-electron chi connectivity index (χ0n) is 14.9. The minimum Gasteiger partial charge on any atom is -0.457 e. The number of carbonyl (C=O) groups is 3. The Morgan fingerprint density at radius 2 is 1.96 bits per heavy atom. The minimum absolute atomic E-state index is 0.0970. The predicted molar refractivity (Wildman–Crippen MR) is 98.1 cm³/mol. The van der Waals surface area contributed by atoms with Crippen molar-refractivity contribution in [3.63, 3.8) is 0 Å². The molecule has 0 saturated heterocycles. The van der Waals surface area contributed by atoms with Crippen LogP contribution in [0, 0.1) is 0 Å². The molecular weight excluding hydrogens is 348 g/mol. The number of H-pyrrole nitrogens is 1. The van der Waals surface area contributed by atoms with Crippen molar-refractivity contribution in [1.82, 2.24) is 10.3 Å². The second-order valence-corrected chi connectivity index (χ2v) is 6.12. The lowest BCUT2D eigenvalue weighted by molar-refractivity contribution is -0.142. The van der Waals surface area contributed by atoms with Gasteiger partial charge in [-0.05, 0) is 30.2 Å². The maximum Gasteiger partial charge on any atom is 0.306 e. The number of para-hydroxylation sites is 1. The van der Waals surface area contributed by atoms with Crippen LogP contribution in [0.15, 0.2) is 47.0 Å². The lowest BCUT2D eigenvalue weighted by Crippen LogP contribution is -2.18. The summed E-state index contributed by atoms with van der Waals surface area (Å²) in [7, 11) is 0. The zero-order chi connectivity index (χ0) is 19.2. The van der Waals surface area contributed by atoms with E-state index in [0.29, 0.717) is 12.2 Å². The van der Waals surface area contributed by atoms with E-state index in [1.807, 2.05) is 30.5 Å². The van der Waals surface area contributed by atoms with E-state index in [2.05, 4.69) is 10.3 Å². The van der Waals surface area contributed by atoms with Gasteiger partial charge in [0.1, 0.15) is 5.76 Å². The molecule has 0 radical (unpaired) electrons. The molecule has 0 spiro atoms. The Kier molecular flexibility index (Phi) is 5.71. The summed E-state index contributed by atoms with van der Waals surface area (Å²) in [6.45, 7) is 1.22. The second-order valence-electron chi connectivity index (χ2n) is 6.12. The number of rotatable bonds is 8. The Bertz CT molecular complexity index is 970. The fraction of sp³-hybridized carbons (Fsp3) is 0.250. The van der Waals surface area contributed by atoms with Crippen LogP contribution in [0.4, 0.5) is 0 Å². The first-order valence-corrected chi connectivity index (χ1v) is 8.60. The molecule has 2 aromatic heterocycles. The van der Waals surface area contributed by atoms with Gasteiger partial charge in [-0.15, -0.1) is 0 Å². The molecule has 140 valence electrons. The van der Waals surface area contributed by atoms with E-state index in [1.54, 1.807) is 6.07 Å². The van der Waals surface area contributed by atoms with Crippen LogP contribution in [0.2, 0.25) is 0 Å². The van der Waals surface area contributed by atoms with Gasteiger partial charge in [0, 0.05) is 30.4 Å². The van der Waals surface area contributed by atoms with E-state index < -0.39 is 11.8 Å². The highest BCUT2D eigenvalue weighted by Crippen LogP contribution is 2.19. The van der Waals surface area contributed by atoms with Gasteiger partial charge in [0.05, 0.1) is 6.54 Å². The van der Waals surface area contributed by atoms with Crippen LogP contribution >= 0.6 is 0 Å². The van der Waals surface area contributed by atoms with Crippen molar-refractivity contribution in [2.24, 2.45) is 0 Å². The number of aromatic nitrogens is 1. The van der Waals surface area contributed by atoms with Gasteiger partial charge < -0.3 is 19.5 Å². The highest BCUT2D eigenvalue weighted by atomic mass is 16.5. The summed E-state index contributed by atoms with van der Waals surface area (Å²) in [5, 5.41) is 3.65. The summed E-state index contributed by atoms with van der Waals surface area (Å²) in [4.78, 5) is 38.0. The first-order valence-electron chi connectivity index (χ1n) is 8.60. The van der Waals surface area contributed by atoms with Gasteiger partial charge in [0.25, 0.3) is 0 Å². The van der Waals surface area contributed by atoms with Crippen molar-refractivity contribution in [2.75, 3.05) is 6.61 Å². The number of furan rings is 1. The second kappa shape index (κ2) is 8.35. The van der Waals surface area contributed by atoms with Gasteiger partial charge in [-0.2, -0.15) is 0 Å². The molecule has 0 saturated carbocycles. The van der Waals surface area contributed by atoms with Crippen molar-refractivity contribution in [2.45, 2.75) is 26.3 Å². The minimum atomic E-state index is -0.446. The SMILES string of the molecule is CC(=O)NCc1ccc(C(=O)COC(=O)CCc2c[nH]c3ccccc23)o1. The predicted octanol–water partition coefficient (Wildman–Crippen LogP) is 2.76. The van der Waals surface area contributed by atoms with Gasteiger partial charge in [0.2, 0.25) is 11.7 Å². The molecule has 0 unspecified atom stereocenters. The average Bonchev–Trinajstić information content (AvgIpc) is 3.30. The number of benzene rings is 1. The molecule has 0 aliphatic rings. The maximum absolute atomic E-state index is 12.0. The summed E-state index contributed by atoms with van der Waals surface area (Å²) in [6, 6.07) is 10.9. The number of aryl methyl sites for hydroxylation is 1. The van der Waals surface area contributed by atoms with E-state index in [0.717, 1.165) is 16.5 Å². The summed E-state index contributed by atoms with van der Waals surface area (Å²) in [5.41, 5.74) is 2.05. The molecular formula is C20H20N2O5. The Morgan fingerprint density at radius 1 is 1.15 bits per heavy atom. The number of amides is 1. The topological polar surface area (TPSA) is 101 Å². The number of ether oxygens (including phenoxy) is 1. The number of nitrogens with one attached hydrogen (secondary N) is 2. The molecule has 0 aliphatic carbocycles. The number of hydrogen-bond donors (Lipinski definition) is 2. The molecule has 0 atom stereocenters. The third kappa shape index (κ3) is 4.84. The number of hydrogen-bond acceptors (Lipinski definition) is 5. The van der Waals surface area contributed by atoms with E-state index in [4.69, 9.17) is 9.15 Å². The van der Waals surface area contributed by atoms with Crippen LogP contribution in [0.25, 0.3) is 10.9 Å². The van der Waals surface area contributed by atoms with Crippen molar-refractivity contribution >= 4 is 28.6 Å². The molecule has 0 aliphatic heterocycles. The fourth-order valence-electron chi connectivity index (χ4n) is 2.70. The molecule has 2 N–H and O–H groups in total. The molecule has 3 rings (SSSR count). The third-order valence-electron chi connectivity index (χ3n) is 4.09. The first kappa shape index (κ1) is 18.4. The highest BCUT2D eigenvalue weighted by Gasteiger charge is 2.15. The Balaban J connectivity index is 1.46. The van der Waals surface area contributed by atoms with Gasteiger partial charge >= 0.3 is 5.97 Å². The molecule has 1 amide bonds. The standard InChI is InChI=1S/C20H20N2O5/c1-13(23)21-11-15-7-8-19(27-15)18(24)12-26-20(25)9-6-14-10-22-17-5-3-2-4-16(14)17/h2-5,7-8,10,22H,6,9,11-12H2,1H3,(H,21,23). The summed E-state index contributed by atoms with van der Waals surface area (Å²) < 4.78 is 10.4. The number of Topliss-reactive ketones (excluding diaryl/α,β-unsaturated/α-hetero) is 1. The number of carbonyl (C=O) groups excluding carboxylic acids is 3. The summed E-state index contributed by atoms with van der Waals surface area (Å²) in [6.07, 6.45) is 2.59. The van der Waals surface area contributed by atoms with Crippen molar-refractivity contribution in [3.8, 4) is 0 Å². The van der Waals surface area contributed by atoms with Gasteiger partial charge in [-0.25, -0.2) is 0 Å². The average molecular weight is 368 g/mol. The van der Waals surface area contributed by atoms with Crippen LogP contribution in [0.3, 0.4) is 0 Å². The van der Waals surface area contributed by atoms with Crippen LogP contribution in [0.5, 0.6) is 0 Å². The van der Waals surface area contributed by atoms with Crippen LogP contribution in [-0.2, 0) is 27.3 Å². The highest BCUT2D eigenvalue weighted by molar-refractivity contribution is 5.95. The summed E-state index contributed by atoms with van der Waals surface area (Å²) >= 11 is 0. The van der Waals surface area contributed by atoms with Crippen molar-refractivity contribution < 1.29 is 23.5 Å². The Hall–Kier alpha value is -3.35. The summed E-state index contributed by atoms with van der Waals surface area (Å²) in [5.74, 6) is -0.509. The van der Waals surface area contributed by atoms with Gasteiger partial charge in [-0.1, -0.05) is 18.2 Å². The molecule has 0 bridgehead atoms. The smallest absolute Gasteiger partial charge is 0.306 e. The Morgan fingerprint density at radius 3 is 2.78 bits per heavy atom. The monoisotopic (exact) mass is 368 g/mol. The van der Waals surface area contributed by atoms with Crippen molar-refractivity contribution in [1.29, 1.82) is 0 Å². The molecule has 0 fully saturated rings. The number of esters is 1. The van der Waals surface area contributed by atoms with E-state index in [-0.39, 0.29) is 31.2 Å². The van der Waals surface area contributed by atoms with E-state index >= 15 is 0 Å². The van der Waals surface area contributed by atoms with E-state index in [1.165, 1.54) is 13.0 Å². The molecule has 7 heteroatoms. The maximum atomic E-state index is 12.0. The molecule has 27 heavy (non-hydrogen) atoms. The molecule has 3 aromatic rings. The van der Waals surface area contributed by atoms with E-state index in [9.17, 15) is 14.4 Å². The third-order valence-corrected chi connectivity index (χ3v) is 4.09. The lowest BCUT2D eigenvalue weighted by Gasteiger charge is -2.03. The molecule has 7 nitrogen and oxygen atoms in total. The molecule has 2 heterocycles. The quantitative estimate of drug-likeness (QED) is 0.470. The largest absolute Gasteiger partial charge is 0.457 e.